The van der Waals surface area contributed by atoms with Gasteiger partial charge in [0.05, 0.1) is 0 Å². The first-order valence-corrected chi connectivity index (χ1v) is 18.1. The lowest BCUT2D eigenvalue weighted by molar-refractivity contribution is -0.0558. The maximum atomic E-state index is 6.30. The number of rotatable bonds is 24. The van der Waals surface area contributed by atoms with Crippen molar-refractivity contribution in [3.05, 3.63) is 0 Å². The summed E-state index contributed by atoms with van der Waals surface area (Å²) in [7, 11) is -13.8. The molecule has 0 heterocycles. The molecule has 0 saturated heterocycles. The minimum atomic E-state index is -3.97. The van der Waals surface area contributed by atoms with E-state index in [-0.39, 0.29) is 19.8 Å². The molecule has 0 aliphatic carbocycles. The molecule has 12 nitrogen and oxygen atoms in total. The fraction of sp³-hybridized carbons (Fsp3) is 1.00. The van der Waals surface area contributed by atoms with Gasteiger partial charge in [0, 0.05) is 59.5 Å². The van der Waals surface area contributed by atoms with Gasteiger partial charge in [0.25, 0.3) is 0 Å². The molecule has 0 rings (SSSR count). The van der Waals surface area contributed by atoms with E-state index in [0.717, 1.165) is 0 Å². The molecule has 0 atom stereocenters. The smallest absolute Gasteiger partial charge is 0.372 e. The molecule has 0 aromatic carbocycles. The van der Waals surface area contributed by atoms with Crippen molar-refractivity contribution in [2.24, 2.45) is 0 Å². The second-order valence-corrected chi connectivity index (χ2v) is 14.5. The van der Waals surface area contributed by atoms with Crippen LogP contribution in [0.1, 0.15) is 62.3 Å². The summed E-state index contributed by atoms with van der Waals surface area (Å²) in [6, 6.07) is 0. The summed E-state index contributed by atoms with van der Waals surface area (Å²) in [6.45, 7) is 18.9. The molecule has 0 aliphatic heterocycles. The number of hydrogen-bond donors (Lipinski definition) is 0. The molecule has 0 aliphatic rings. The van der Waals surface area contributed by atoms with Gasteiger partial charge in [-0.3, -0.25) is 0 Å². The highest BCUT2D eigenvalue weighted by Gasteiger charge is 2.62. The third kappa shape index (κ3) is 12.1. The van der Waals surface area contributed by atoms with Crippen molar-refractivity contribution in [3.8, 4) is 0 Å². The van der Waals surface area contributed by atoms with E-state index in [4.69, 9.17) is 52.2 Å². The summed E-state index contributed by atoms with van der Waals surface area (Å²) in [5, 5.41) is 0. The maximum absolute atomic E-state index is 6.30. The van der Waals surface area contributed by atoms with E-state index in [1.807, 2.05) is 48.5 Å². The molecule has 0 spiro atoms. The largest absolute Gasteiger partial charge is 0.673 e. The first-order valence-electron chi connectivity index (χ1n) is 12.0. The van der Waals surface area contributed by atoms with E-state index < -0.39 is 36.7 Å². The Kier molecular flexibility index (Phi) is 19.7. The van der Waals surface area contributed by atoms with Crippen LogP contribution in [0.4, 0.5) is 0 Å². The van der Waals surface area contributed by atoms with Crippen LogP contribution in [0, 0.1) is 0 Å². The zero-order valence-corrected chi connectivity index (χ0v) is 26.3. The Hall–Kier alpha value is 0.388. The summed E-state index contributed by atoms with van der Waals surface area (Å²) in [6.07, 6.45) is 0. The zero-order chi connectivity index (χ0) is 25.9. The van der Waals surface area contributed by atoms with E-state index in [9.17, 15) is 0 Å². The summed E-state index contributed by atoms with van der Waals surface area (Å²) in [5.74, 6) is 0. The van der Waals surface area contributed by atoms with E-state index in [1.165, 1.54) is 0 Å². The van der Waals surface area contributed by atoms with Gasteiger partial charge in [0.2, 0.25) is 0 Å². The molecule has 205 valence electrons. The van der Waals surface area contributed by atoms with Gasteiger partial charge >= 0.3 is 36.7 Å². The summed E-state index contributed by atoms with van der Waals surface area (Å²) in [5.41, 5.74) is 0. The lowest BCUT2D eigenvalue weighted by Gasteiger charge is -2.36. The Balaban J connectivity index is 6.23. The van der Waals surface area contributed by atoms with Crippen LogP contribution >= 0.6 is 0 Å². The van der Waals surface area contributed by atoms with E-state index >= 15 is 0 Å². The normalized spacial score (nSPS) is 13.2. The molecule has 34 heavy (non-hydrogen) atoms. The van der Waals surface area contributed by atoms with Crippen molar-refractivity contribution in [1.82, 2.24) is 0 Å². The van der Waals surface area contributed by atoms with Gasteiger partial charge in [0.15, 0.2) is 0 Å². The minimum Gasteiger partial charge on any atom is -0.372 e. The van der Waals surface area contributed by atoms with Gasteiger partial charge in [-0.25, -0.2) is 0 Å². The van der Waals surface area contributed by atoms with Crippen molar-refractivity contribution in [3.63, 3.8) is 0 Å². The standard InChI is InChI=1S/C18H45O12Si4/c1-10-19-31(28-32(20-11-2,21-12-3)22-13-4)29-34(26-17-8,27-18-9)30-33(23-14-5,24-15-6)25-16-7/h10-18H2,1-9H3. The van der Waals surface area contributed by atoms with Crippen LogP contribution < -0.4 is 0 Å². The van der Waals surface area contributed by atoms with Gasteiger partial charge in [-0.05, 0) is 62.3 Å². The van der Waals surface area contributed by atoms with Crippen LogP contribution in [-0.2, 0) is 52.2 Å². The van der Waals surface area contributed by atoms with Gasteiger partial charge < -0.3 is 52.2 Å². The average Bonchev–Trinajstić information content (AvgIpc) is 2.75. The highest BCUT2D eigenvalue weighted by Crippen LogP contribution is 2.25. The van der Waals surface area contributed by atoms with Crippen LogP contribution in [0.25, 0.3) is 0 Å². The molecule has 0 unspecified atom stereocenters. The molecule has 1 radical (unpaired) electrons. The molecule has 0 amide bonds. The monoisotopic (exact) mass is 565 g/mol. The molecule has 0 fully saturated rings. The number of hydrogen-bond acceptors (Lipinski definition) is 12. The SMILES string of the molecule is CCO[Si](O[Si](OCC)(OCC)OCC)O[Si](OCC)(OCC)O[Si](OCC)(OCC)OCC. The molecule has 0 aromatic heterocycles. The third-order valence-corrected chi connectivity index (χ3v) is 14.5. The van der Waals surface area contributed by atoms with E-state index in [0.29, 0.717) is 39.6 Å². The van der Waals surface area contributed by atoms with Crippen molar-refractivity contribution in [2.75, 3.05) is 59.5 Å². The van der Waals surface area contributed by atoms with Crippen LogP contribution in [0.2, 0.25) is 0 Å². The predicted octanol–water partition coefficient (Wildman–Crippen LogP) is 2.66. The van der Waals surface area contributed by atoms with Crippen LogP contribution in [0.3, 0.4) is 0 Å². The summed E-state index contributed by atoms with van der Waals surface area (Å²) < 4.78 is 71.4. The van der Waals surface area contributed by atoms with Crippen LogP contribution in [-0.4, -0.2) is 96.1 Å². The first kappa shape index (κ1) is 34.4. The fourth-order valence-electron chi connectivity index (χ4n) is 2.58. The quantitative estimate of drug-likeness (QED) is 0.160. The second-order valence-electron chi connectivity index (χ2n) is 5.95. The lowest BCUT2D eigenvalue weighted by atomic mass is 10.9. The van der Waals surface area contributed by atoms with Gasteiger partial charge in [-0.2, -0.15) is 0 Å². The fourth-order valence-corrected chi connectivity index (χ4v) is 13.0. The molecule has 0 saturated carbocycles. The third-order valence-electron chi connectivity index (χ3n) is 3.50. The van der Waals surface area contributed by atoms with Crippen LogP contribution in [0.5, 0.6) is 0 Å². The average molecular weight is 566 g/mol. The van der Waals surface area contributed by atoms with Crippen molar-refractivity contribution >= 4 is 36.7 Å². The Labute approximate surface area is 210 Å². The Morgan fingerprint density at radius 2 is 0.676 bits per heavy atom. The van der Waals surface area contributed by atoms with E-state index in [1.54, 1.807) is 13.8 Å². The highest BCUT2D eigenvalue weighted by atomic mass is 28.5. The lowest BCUT2D eigenvalue weighted by Crippen LogP contribution is -2.65. The Bertz CT molecular complexity index is 454. The predicted molar refractivity (Wildman–Crippen MR) is 131 cm³/mol. The summed E-state index contributed by atoms with van der Waals surface area (Å²) in [4.78, 5) is 0. The van der Waals surface area contributed by atoms with Crippen LogP contribution in [0.15, 0.2) is 0 Å². The van der Waals surface area contributed by atoms with Crippen molar-refractivity contribution in [1.29, 1.82) is 0 Å². The topological polar surface area (TPSA) is 111 Å². The molecular formula is C18H45O12Si4. The van der Waals surface area contributed by atoms with E-state index in [2.05, 4.69) is 0 Å². The molecular weight excluding hydrogens is 521 g/mol. The molecule has 16 heteroatoms. The molecule has 0 N–H and O–H groups in total. The Morgan fingerprint density at radius 1 is 0.382 bits per heavy atom. The minimum absolute atomic E-state index is 0.229. The molecule has 0 aromatic rings. The Morgan fingerprint density at radius 3 is 1.00 bits per heavy atom. The van der Waals surface area contributed by atoms with Gasteiger partial charge in [0.1, 0.15) is 0 Å². The summed E-state index contributed by atoms with van der Waals surface area (Å²) >= 11 is 0. The van der Waals surface area contributed by atoms with Crippen molar-refractivity contribution in [2.45, 2.75) is 62.3 Å². The molecule has 0 bridgehead atoms. The second kappa shape index (κ2) is 19.5. The highest BCUT2D eigenvalue weighted by molar-refractivity contribution is 6.73. The van der Waals surface area contributed by atoms with Crippen molar-refractivity contribution < 1.29 is 52.2 Å². The first-order chi connectivity index (χ1) is 16.3. The van der Waals surface area contributed by atoms with Gasteiger partial charge in [-0.15, -0.1) is 0 Å². The maximum Gasteiger partial charge on any atom is 0.673 e. The van der Waals surface area contributed by atoms with Gasteiger partial charge in [-0.1, -0.05) is 0 Å². The zero-order valence-electron chi connectivity index (χ0n) is 22.3.